The second kappa shape index (κ2) is 30.7. The zero-order valence-electron chi connectivity index (χ0n) is 37.9. The molecule has 0 saturated heterocycles. The molecule has 0 N–H and O–H groups in total. The Kier molecular flexibility index (Phi) is 32.2. The van der Waals surface area contributed by atoms with Crippen molar-refractivity contribution >= 4 is 44.5 Å². The fourth-order valence-corrected chi connectivity index (χ4v) is 14.2. The van der Waals surface area contributed by atoms with Crippen LogP contribution in [0.1, 0.15) is 123 Å². The van der Waals surface area contributed by atoms with Crippen molar-refractivity contribution in [1.29, 1.82) is 0 Å². The molecule has 0 radical (unpaired) electrons. The quantitative estimate of drug-likeness (QED) is 0.0573. The van der Waals surface area contributed by atoms with E-state index in [1.54, 1.807) is 12.1 Å². The second-order valence-corrected chi connectivity index (χ2v) is 26.2. The van der Waals surface area contributed by atoms with Gasteiger partial charge in [0.15, 0.2) is 26.7 Å². The number of carbonyl (C=O) groups is 3. The number of amides is 1. The fraction of sp³-hybridized carbons (Fsp3) is 0.775. The van der Waals surface area contributed by atoms with Gasteiger partial charge in [-0.15, -0.1) is 0 Å². The first-order valence-electron chi connectivity index (χ1n) is 20.1. The number of nitrogens with zero attached hydrogens (tertiary/aromatic N) is 1. The Labute approximate surface area is 372 Å². The van der Waals surface area contributed by atoms with Crippen molar-refractivity contribution in [3.8, 4) is 0 Å². The van der Waals surface area contributed by atoms with Crippen molar-refractivity contribution in [2.24, 2.45) is 11.3 Å². The standard InChI is InChI=1S/C17H38O3Si2.C12H14F3NO3S.C11H22O4.Na/c1-9-11-14-21(5,6)20-22(7,8)15-12-13-19-16(18)17(3,4)10-2;1-3-8(2)9-4-6-10(7-5-9)11(17)16-20(18,19)12(13,14)15;1-4-10(3)11(12)15-9-8-14-7-6-13-5-2;/h9-15H2,1-8H3;4-8H,3H2,1-2H3,(H,16,17);10H,4-9H2,1-3H3;/q;;;+1/p-1. The van der Waals surface area contributed by atoms with E-state index in [0.29, 0.717) is 39.6 Å². The van der Waals surface area contributed by atoms with Gasteiger partial charge in [0.2, 0.25) is 0 Å². The third-order valence-corrected chi connectivity index (χ3v) is 17.7. The van der Waals surface area contributed by atoms with Gasteiger partial charge in [-0.2, -0.15) is 13.2 Å². The van der Waals surface area contributed by atoms with Gasteiger partial charge in [0.05, 0.1) is 43.7 Å². The molecule has 0 aliphatic rings. The monoisotopic (exact) mass is 895 g/mol. The van der Waals surface area contributed by atoms with Crippen molar-refractivity contribution in [3.63, 3.8) is 0 Å². The molecule has 2 atom stereocenters. The van der Waals surface area contributed by atoms with E-state index < -0.39 is 38.1 Å². The van der Waals surface area contributed by atoms with Crippen LogP contribution in [-0.4, -0.2) is 88.0 Å². The van der Waals surface area contributed by atoms with Gasteiger partial charge in [0.1, 0.15) is 6.61 Å². The average molecular weight is 896 g/mol. The molecule has 58 heavy (non-hydrogen) atoms. The first kappa shape index (κ1) is 61.0. The predicted molar refractivity (Wildman–Crippen MR) is 226 cm³/mol. The predicted octanol–water partition coefficient (Wildman–Crippen LogP) is 7.78. The van der Waals surface area contributed by atoms with Crippen LogP contribution in [-0.2, 0) is 42.7 Å². The normalized spacial score (nSPS) is 13.0. The van der Waals surface area contributed by atoms with E-state index in [2.05, 4.69) is 37.8 Å². The van der Waals surface area contributed by atoms with Crippen molar-refractivity contribution in [2.75, 3.05) is 39.6 Å². The SMILES string of the molecule is CCC(C)c1ccc(C(=O)[N-]S(=O)(=O)C(F)(F)F)cc1.CCCC[Si](C)(C)O[Si](C)(C)CCCOC(=O)C(C)(C)CC.CCOCCOCCOC(=O)C(C)CC.[Na+]. The van der Waals surface area contributed by atoms with Crippen molar-refractivity contribution < 1.29 is 88.6 Å². The van der Waals surface area contributed by atoms with E-state index in [1.165, 1.54) is 31.0 Å². The molecule has 0 bridgehead atoms. The van der Waals surface area contributed by atoms with Gasteiger partial charge in [0.25, 0.3) is 0 Å². The molecule has 1 aromatic carbocycles. The Morgan fingerprint density at radius 1 is 0.759 bits per heavy atom. The van der Waals surface area contributed by atoms with Gasteiger partial charge < -0.3 is 32.6 Å². The molecule has 1 aromatic rings. The molecule has 18 heteroatoms. The largest absolute Gasteiger partial charge is 1.00 e. The summed E-state index contributed by atoms with van der Waals surface area (Å²) in [6.45, 7) is 30.2. The van der Waals surface area contributed by atoms with Crippen LogP contribution >= 0.6 is 0 Å². The summed E-state index contributed by atoms with van der Waals surface area (Å²) in [5, 5.41) is 0. The summed E-state index contributed by atoms with van der Waals surface area (Å²) >= 11 is 0. The Balaban J connectivity index is -0.000000789. The third kappa shape index (κ3) is 27.5. The summed E-state index contributed by atoms with van der Waals surface area (Å²) in [7, 11) is -8.97. The zero-order valence-corrected chi connectivity index (χ0v) is 42.8. The molecule has 0 fully saturated rings. The summed E-state index contributed by atoms with van der Waals surface area (Å²) in [4.78, 5) is 34.6. The third-order valence-electron chi connectivity index (χ3n) is 9.18. The number of halogens is 3. The molecular weight excluding hydrogens is 823 g/mol. The van der Waals surface area contributed by atoms with Gasteiger partial charge in [-0.05, 0) is 102 Å². The van der Waals surface area contributed by atoms with Gasteiger partial charge >= 0.3 is 47.0 Å². The van der Waals surface area contributed by atoms with Crippen molar-refractivity contribution in [3.05, 3.63) is 40.1 Å². The average Bonchev–Trinajstić information content (AvgIpc) is 3.13. The molecule has 334 valence electrons. The molecular formula is C40H73F3NNaO10SSi2. The number of sulfonamides is 1. The van der Waals surface area contributed by atoms with E-state index >= 15 is 0 Å². The maximum Gasteiger partial charge on any atom is 1.00 e. The van der Waals surface area contributed by atoms with Crippen LogP contribution in [0.2, 0.25) is 38.3 Å². The summed E-state index contributed by atoms with van der Waals surface area (Å²) in [6.07, 6.45) is 5.91. The molecule has 0 spiro atoms. The van der Waals surface area contributed by atoms with Crippen LogP contribution in [0.5, 0.6) is 0 Å². The Hall–Kier alpha value is -1.32. The zero-order chi connectivity index (χ0) is 44.5. The van der Waals surface area contributed by atoms with Crippen LogP contribution in [0.4, 0.5) is 13.2 Å². The molecule has 0 aliphatic heterocycles. The minimum absolute atomic E-state index is 0. The topological polar surface area (TPSA) is 146 Å². The van der Waals surface area contributed by atoms with Gasteiger partial charge in [-0.1, -0.05) is 78.6 Å². The van der Waals surface area contributed by atoms with Crippen molar-refractivity contribution in [1.82, 2.24) is 0 Å². The van der Waals surface area contributed by atoms with E-state index in [0.717, 1.165) is 37.3 Å². The minimum Gasteiger partial charge on any atom is -0.534 e. The smallest absolute Gasteiger partial charge is 0.534 e. The summed E-state index contributed by atoms with van der Waals surface area (Å²) in [5.74, 6) is -1.44. The number of hydrogen-bond acceptors (Lipinski definition) is 10. The molecule has 1 rings (SSSR count). The first-order valence-corrected chi connectivity index (χ1v) is 27.8. The maximum absolute atomic E-state index is 12.1. The van der Waals surface area contributed by atoms with Crippen LogP contribution in [0.3, 0.4) is 0 Å². The summed E-state index contributed by atoms with van der Waals surface area (Å²) in [5.41, 5.74) is -5.23. The Morgan fingerprint density at radius 2 is 1.28 bits per heavy atom. The van der Waals surface area contributed by atoms with Gasteiger partial charge in [-0.3, -0.25) is 9.59 Å². The number of unbranched alkanes of at least 4 members (excludes halogenated alkanes) is 1. The fourth-order valence-electron chi connectivity index (χ4n) is 4.73. The van der Waals surface area contributed by atoms with Crippen molar-refractivity contribution in [2.45, 2.75) is 151 Å². The molecule has 0 saturated carbocycles. The van der Waals surface area contributed by atoms with Gasteiger partial charge in [0, 0.05) is 6.61 Å². The molecule has 0 aromatic heterocycles. The number of hydrogen-bond donors (Lipinski definition) is 0. The van der Waals surface area contributed by atoms with E-state index in [9.17, 15) is 36.0 Å². The van der Waals surface area contributed by atoms with Crippen LogP contribution < -0.4 is 29.6 Å². The molecule has 11 nitrogen and oxygen atoms in total. The molecule has 1 amide bonds. The number of esters is 2. The van der Waals surface area contributed by atoms with Crippen LogP contribution in [0.15, 0.2) is 24.3 Å². The number of benzene rings is 1. The molecule has 2 unspecified atom stereocenters. The summed E-state index contributed by atoms with van der Waals surface area (Å²) < 4.78 is 87.3. The Morgan fingerprint density at radius 3 is 1.74 bits per heavy atom. The van der Waals surface area contributed by atoms with E-state index in [1.807, 2.05) is 55.4 Å². The second-order valence-electron chi connectivity index (χ2n) is 15.7. The number of carbonyl (C=O) groups excluding carboxylic acids is 3. The molecule has 0 aliphatic carbocycles. The number of rotatable bonds is 24. The van der Waals surface area contributed by atoms with Crippen LogP contribution in [0, 0.1) is 11.3 Å². The van der Waals surface area contributed by atoms with Crippen LogP contribution in [0.25, 0.3) is 4.72 Å². The van der Waals surface area contributed by atoms with Gasteiger partial charge in [-0.25, -0.2) is 8.42 Å². The first-order chi connectivity index (χ1) is 26.3. The minimum atomic E-state index is -5.80. The number of alkyl halides is 3. The molecule has 0 heterocycles. The Bertz CT molecular complexity index is 1400. The van der Waals surface area contributed by atoms with E-state index in [4.69, 9.17) is 23.1 Å². The van der Waals surface area contributed by atoms with E-state index in [-0.39, 0.29) is 64.3 Å². The maximum atomic E-state index is 12.1. The summed E-state index contributed by atoms with van der Waals surface area (Å²) in [6, 6.07) is 7.97. The number of ether oxygens (including phenoxy) is 4.